The standard InChI is InChI=1S/C21H24N4O5/c26-18-4-3-16(19(27)24-18)25-20(28)13-2-1-11(7-14(13)21(25)29)9-22-10-12-8-17-15(23-12)5-6-30-17/h1-2,7,12,15-17,22-23H,3-6,8-10H2,(H,24,26,27). The van der Waals surface area contributed by atoms with E-state index < -0.39 is 23.8 Å². The van der Waals surface area contributed by atoms with Gasteiger partial charge >= 0.3 is 0 Å². The molecule has 0 spiro atoms. The minimum absolute atomic E-state index is 0.112. The Morgan fingerprint density at radius 3 is 2.73 bits per heavy atom. The highest BCUT2D eigenvalue weighted by molar-refractivity contribution is 6.23. The summed E-state index contributed by atoms with van der Waals surface area (Å²) < 4.78 is 5.71. The Kier molecular flexibility index (Phi) is 4.88. The first-order valence-corrected chi connectivity index (χ1v) is 10.4. The van der Waals surface area contributed by atoms with Crippen molar-refractivity contribution < 1.29 is 23.9 Å². The van der Waals surface area contributed by atoms with Crippen LogP contribution < -0.4 is 16.0 Å². The second-order valence-corrected chi connectivity index (χ2v) is 8.36. The molecule has 158 valence electrons. The lowest BCUT2D eigenvalue weighted by Crippen LogP contribution is -2.54. The van der Waals surface area contributed by atoms with Crippen LogP contribution in [0.25, 0.3) is 0 Å². The molecule has 5 rings (SSSR count). The van der Waals surface area contributed by atoms with Gasteiger partial charge in [-0.25, -0.2) is 0 Å². The zero-order valence-electron chi connectivity index (χ0n) is 16.5. The lowest BCUT2D eigenvalue weighted by molar-refractivity contribution is -0.136. The molecule has 30 heavy (non-hydrogen) atoms. The zero-order valence-corrected chi connectivity index (χ0v) is 16.5. The topological polar surface area (TPSA) is 117 Å². The first kappa shape index (κ1) is 19.3. The Hall–Kier alpha value is -2.62. The highest BCUT2D eigenvalue weighted by Gasteiger charge is 2.44. The summed E-state index contributed by atoms with van der Waals surface area (Å²) in [6.07, 6.45) is 2.64. The zero-order chi connectivity index (χ0) is 20.8. The molecule has 9 nitrogen and oxygen atoms in total. The van der Waals surface area contributed by atoms with E-state index in [9.17, 15) is 19.2 Å². The summed E-state index contributed by atoms with van der Waals surface area (Å²) in [6.45, 7) is 2.20. The van der Waals surface area contributed by atoms with E-state index >= 15 is 0 Å². The molecule has 0 bridgehead atoms. The van der Waals surface area contributed by atoms with Crippen LogP contribution in [0.15, 0.2) is 18.2 Å². The fourth-order valence-corrected chi connectivity index (χ4v) is 4.88. The van der Waals surface area contributed by atoms with Crippen molar-refractivity contribution in [3.8, 4) is 0 Å². The molecule has 3 saturated heterocycles. The van der Waals surface area contributed by atoms with Crippen molar-refractivity contribution in [2.75, 3.05) is 13.2 Å². The van der Waals surface area contributed by atoms with Crippen LogP contribution in [0.4, 0.5) is 0 Å². The molecule has 0 aliphatic carbocycles. The lowest BCUT2D eigenvalue weighted by Gasteiger charge is -2.27. The van der Waals surface area contributed by atoms with Crippen LogP contribution in [0.1, 0.15) is 52.0 Å². The number of benzene rings is 1. The van der Waals surface area contributed by atoms with Gasteiger partial charge in [-0.3, -0.25) is 29.4 Å². The van der Waals surface area contributed by atoms with Gasteiger partial charge in [-0.1, -0.05) is 6.07 Å². The number of nitrogens with zero attached hydrogens (tertiary/aromatic N) is 1. The second-order valence-electron chi connectivity index (χ2n) is 8.36. The van der Waals surface area contributed by atoms with Crippen molar-refractivity contribution in [2.45, 2.75) is 56.5 Å². The third-order valence-electron chi connectivity index (χ3n) is 6.40. The molecule has 3 N–H and O–H groups in total. The van der Waals surface area contributed by atoms with Crippen molar-refractivity contribution in [2.24, 2.45) is 0 Å². The summed E-state index contributed by atoms with van der Waals surface area (Å²) in [6, 6.07) is 5.07. The molecule has 4 aliphatic heterocycles. The monoisotopic (exact) mass is 412 g/mol. The molecule has 4 aliphatic rings. The molecule has 0 aromatic heterocycles. The van der Waals surface area contributed by atoms with E-state index in [2.05, 4.69) is 16.0 Å². The number of carbonyl (C=O) groups excluding carboxylic acids is 4. The Labute approximate surface area is 173 Å². The predicted molar refractivity (Wildman–Crippen MR) is 105 cm³/mol. The fourth-order valence-electron chi connectivity index (χ4n) is 4.88. The van der Waals surface area contributed by atoms with Crippen LogP contribution in [0.5, 0.6) is 0 Å². The van der Waals surface area contributed by atoms with E-state index in [4.69, 9.17) is 4.74 Å². The van der Waals surface area contributed by atoms with Crippen molar-refractivity contribution in [1.29, 1.82) is 0 Å². The molecule has 0 radical (unpaired) electrons. The fraction of sp³-hybridized carbons (Fsp3) is 0.524. The number of carbonyl (C=O) groups is 4. The number of fused-ring (bicyclic) bond motifs is 2. The van der Waals surface area contributed by atoms with Gasteiger partial charge in [-0.2, -0.15) is 0 Å². The Balaban J connectivity index is 1.22. The molecule has 9 heteroatoms. The van der Waals surface area contributed by atoms with Gasteiger partial charge in [-0.05, 0) is 37.0 Å². The summed E-state index contributed by atoms with van der Waals surface area (Å²) in [5, 5.41) is 9.20. The molecular weight excluding hydrogens is 388 g/mol. The average molecular weight is 412 g/mol. The molecule has 3 fully saturated rings. The first-order chi connectivity index (χ1) is 14.5. The van der Waals surface area contributed by atoms with Crippen molar-refractivity contribution in [3.63, 3.8) is 0 Å². The summed E-state index contributed by atoms with van der Waals surface area (Å²) >= 11 is 0. The third kappa shape index (κ3) is 3.32. The van der Waals surface area contributed by atoms with Crippen LogP contribution in [0.3, 0.4) is 0 Å². The SMILES string of the molecule is O=C1CCC(N2C(=O)c3ccc(CNCC4CC5OCCC5N4)cc3C2=O)C(=O)N1. The second kappa shape index (κ2) is 7.57. The molecule has 1 aromatic rings. The number of nitrogens with one attached hydrogen (secondary N) is 3. The van der Waals surface area contributed by atoms with Crippen molar-refractivity contribution in [3.05, 3.63) is 34.9 Å². The van der Waals surface area contributed by atoms with Crippen LogP contribution in [-0.4, -0.2) is 65.9 Å². The van der Waals surface area contributed by atoms with Crippen LogP contribution in [-0.2, 0) is 20.9 Å². The Bertz CT molecular complexity index is 920. The third-order valence-corrected chi connectivity index (χ3v) is 6.40. The maximum atomic E-state index is 12.9. The van der Waals surface area contributed by atoms with Crippen molar-refractivity contribution >= 4 is 23.6 Å². The van der Waals surface area contributed by atoms with E-state index in [0.29, 0.717) is 35.9 Å². The molecular formula is C21H24N4O5. The van der Waals surface area contributed by atoms with Crippen LogP contribution in [0, 0.1) is 0 Å². The average Bonchev–Trinajstić information content (AvgIpc) is 3.37. The van der Waals surface area contributed by atoms with Gasteiger partial charge in [0.2, 0.25) is 11.8 Å². The van der Waals surface area contributed by atoms with E-state index in [1.165, 1.54) is 0 Å². The minimum atomic E-state index is -0.938. The smallest absolute Gasteiger partial charge is 0.262 e. The van der Waals surface area contributed by atoms with Crippen LogP contribution in [0.2, 0.25) is 0 Å². The van der Waals surface area contributed by atoms with Gasteiger partial charge in [0.15, 0.2) is 0 Å². The lowest BCUT2D eigenvalue weighted by atomic mass is 10.0. The number of ether oxygens (including phenoxy) is 1. The summed E-state index contributed by atoms with van der Waals surface area (Å²) in [5.74, 6) is -1.94. The summed E-state index contributed by atoms with van der Waals surface area (Å²) in [7, 11) is 0. The molecule has 1 aromatic carbocycles. The number of hydrogen-bond donors (Lipinski definition) is 3. The van der Waals surface area contributed by atoms with E-state index in [0.717, 1.165) is 36.5 Å². The highest BCUT2D eigenvalue weighted by atomic mass is 16.5. The minimum Gasteiger partial charge on any atom is -0.376 e. The van der Waals surface area contributed by atoms with E-state index in [1.54, 1.807) is 12.1 Å². The van der Waals surface area contributed by atoms with Gasteiger partial charge in [0.05, 0.1) is 17.2 Å². The summed E-state index contributed by atoms with van der Waals surface area (Å²) in [5.41, 5.74) is 1.51. The van der Waals surface area contributed by atoms with E-state index in [1.807, 2.05) is 6.07 Å². The van der Waals surface area contributed by atoms with Gasteiger partial charge in [-0.15, -0.1) is 0 Å². The Morgan fingerprint density at radius 1 is 1.10 bits per heavy atom. The van der Waals surface area contributed by atoms with E-state index in [-0.39, 0.29) is 18.7 Å². The van der Waals surface area contributed by atoms with Crippen LogP contribution >= 0.6 is 0 Å². The van der Waals surface area contributed by atoms with Crippen molar-refractivity contribution in [1.82, 2.24) is 20.9 Å². The number of rotatable bonds is 5. The predicted octanol–water partition coefficient (Wildman–Crippen LogP) is -0.303. The van der Waals surface area contributed by atoms with Gasteiger partial charge < -0.3 is 15.4 Å². The normalized spacial score (nSPS) is 30.6. The number of hydrogen-bond acceptors (Lipinski definition) is 7. The molecule has 4 amide bonds. The maximum Gasteiger partial charge on any atom is 0.262 e. The largest absolute Gasteiger partial charge is 0.376 e. The quantitative estimate of drug-likeness (QED) is 0.569. The number of piperidine rings is 1. The Morgan fingerprint density at radius 2 is 1.93 bits per heavy atom. The molecule has 4 heterocycles. The molecule has 4 unspecified atom stereocenters. The summed E-state index contributed by atoms with van der Waals surface area (Å²) in [4.78, 5) is 50.1. The number of imide groups is 2. The maximum absolute atomic E-state index is 12.9. The van der Waals surface area contributed by atoms with Gasteiger partial charge in [0.25, 0.3) is 11.8 Å². The molecule has 4 atom stereocenters. The number of amides is 4. The van der Waals surface area contributed by atoms with Gasteiger partial charge in [0.1, 0.15) is 6.04 Å². The highest BCUT2D eigenvalue weighted by Crippen LogP contribution is 2.28. The molecule has 0 saturated carbocycles. The van der Waals surface area contributed by atoms with Gasteiger partial charge in [0, 0.05) is 38.2 Å². The first-order valence-electron chi connectivity index (χ1n) is 10.4.